The lowest BCUT2D eigenvalue weighted by molar-refractivity contribution is 0.0573. The summed E-state index contributed by atoms with van der Waals surface area (Å²) in [4.78, 5) is 0. The number of rotatable bonds is 3. The molecule has 1 aliphatic rings. The molecule has 14 heavy (non-hydrogen) atoms. The van der Waals surface area contributed by atoms with Gasteiger partial charge >= 0.3 is 0 Å². The smallest absolute Gasteiger partial charge is 0.227 e. The van der Waals surface area contributed by atoms with Crippen molar-refractivity contribution in [2.45, 2.75) is 18.9 Å². The second kappa shape index (κ2) is 4.73. The number of sulfonamides is 1. The highest BCUT2D eigenvalue weighted by Crippen LogP contribution is 2.15. The van der Waals surface area contributed by atoms with Crippen LogP contribution >= 0.6 is 0 Å². The summed E-state index contributed by atoms with van der Waals surface area (Å²) in [6, 6.07) is 1.67. The predicted octanol–water partition coefficient (Wildman–Crippen LogP) is -0.0494. The van der Waals surface area contributed by atoms with Gasteiger partial charge in [-0.25, -0.2) is 8.42 Å². The lowest BCUT2D eigenvalue weighted by atomic mass is 10.1. The Balaban J connectivity index is 2.65. The van der Waals surface area contributed by atoms with Crippen molar-refractivity contribution in [3.05, 3.63) is 0 Å². The molecule has 1 fully saturated rings. The van der Waals surface area contributed by atoms with Crippen LogP contribution in [0.5, 0.6) is 0 Å². The van der Waals surface area contributed by atoms with E-state index in [4.69, 9.17) is 10.00 Å². The standard InChI is InChI=1S/C8H14N2O3S/c1-13-8-3-2-5-10(7-8)14(11,12)6-4-9/h8H,2-3,5-7H2,1H3. The van der Waals surface area contributed by atoms with Gasteiger partial charge in [-0.05, 0) is 12.8 Å². The van der Waals surface area contributed by atoms with E-state index in [1.165, 1.54) is 4.31 Å². The lowest BCUT2D eigenvalue weighted by Gasteiger charge is -2.30. The fraction of sp³-hybridized carbons (Fsp3) is 0.875. The zero-order chi connectivity index (χ0) is 10.6. The van der Waals surface area contributed by atoms with Crippen molar-refractivity contribution in [3.8, 4) is 6.07 Å². The van der Waals surface area contributed by atoms with Crippen LogP contribution in [0.2, 0.25) is 0 Å². The molecular weight excluding hydrogens is 204 g/mol. The summed E-state index contributed by atoms with van der Waals surface area (Å²) in [5, 5.41) is 8.37. The zero-order valence-electron chi connectivity index (χ0n) is 8.14. The maximum Gasteiger partial charge on any atom is 0.227 e. The van der Waals surface area contributed by atoms with Crippen molar-refractivity contribution in [1.82, 2.24) is 4.31 Å². The molecule has 0 bridgehead atoms. The molecule has 1 aliphatic heterocycles. The molecule has 1 rings (SSSR count). The molecule has 0 aromatic rings. The Kier molecular flexibility index (Phi) is 3.86. The molecule has 6 heteroatoms. The van der Waals surface area contributed by atoms with E-state index in [0.717, 1.165) is 12.8 Å². The third-order valence-electron chi connectivity index (χ3n) is 2.31. The van der Waals surface area contributed by atoms with Crippen LogP contribution in [0.25, 0.3) is 0 Å². The minimum absolute atomic E-state index is 0.0304. The summed E-state index contributed by atoms with van der Waals surface area (Å²) in [7, 11) is -1.81. The first kappa shape index (κ1) is 11.4. The summed E-state index contributed by atoms with van der Waals surface area (Å²) in [6.45, 7) is 0.879. The second-order valence-electron chi connectivity index (χ2n) is 3.27. The number of hydrogen-bond donors (Lipinski definition) is 0. The number of piperidine rings is 1. The summed E-state index contributed by atoms with van der Waals surface area (Å²) in [6.07, 6.45) is 1.65. The Hall–Kier alpha value is -0.640. The van der Waals surface area contributed by atoms with Crippen LogP contribution < -0.4 is 0 Å². The molecule has 0 aromatic heterocycles. The van der Waals surface area contributed by atoms with E-state index >= 15 is 0 Å². The highest BCUT2D eigenvalue weighted by atomic mass is 32.2. The van der Waals surface area contributed by atoms with Gasteiger partial charge in [-0.1, -0.05) is 0 Å². The summed E-state index contributed by atoms with van der Waals surface area (Å²) in [5.74, 6) is -0.441. The predicted molar refractivity (Wildman–Crippen MR) is 51.0 cm³/mol. The number of nitrogens with zero attached hydrogens (tertiary/aromatic N) is 2. The van der Waals surface area contributed by atoms with E-state index in [2.05, 4.69) is 0 Å². The van der Waals surface area contributed by atoms with Crippen LogP contribution in [-0.2, 0) is 14.8 Å². The average Bonchev–Trinajstić information content (AvgIpc) is 2.18. The fourth-order valence-electron chi connectivity index (χ4n) is 1.52. The van der Waals surface area contributed by atoms with Gasteiger partial charge in [0.05, 0.1) is 12.2 Å². The fourth-order valence-corrected chi connectivity index (χ4v) is 2.67. The van der Waals surface area contributed by atoms with E-state index < -0.39 is 15.8 Å². The molecular formula is C8H14N2O3S. The van der Waals surface area contributed by atoms with Gasteiger partial charge in [-0.2, -0.15) is 9.57 Å². The molecule has 0 radical (unpaired) electrons. The SMILES string of the molecule is COC1CCCN(S(=O)(=O)CC#N)C1. The van der Waals surface area contributed by atoms with Crippen molar-refractivity contribution in [2.24, 2.45) is 0 Å². The van der Waals surface area contributed by atoms with Gasteiger partial charge in [0.25, 0.3) is 0 Å². The summed E-state index contributed by atoms with van der Waals surface area (Å²) >= 11 is 0. The molecule has 0 aromatic carbocycles. The van der Waals surface area contributed by atoms with E-state index in [1.807, 2.05) is 0 Å². The minimum atomic E-state index is -3.38. The van der Waals surface area contributed by atoms with Gasteiger partial charge in [0.15, 0.2) is 5.75 Å². The topological polar surface area (TPSA) is 70.4 Å². The van der Waals surface area contributed by atoms with E-state index in [0.29, 0.717) is 13.1 Å². The summed E-state index contributed by atoms with van der Waals surface area (Å²) in [5.41, 5.74) is 0. The molecule has 1 atom stereocenters. The normalized spacial score (nSPS) is 24.4. The molecule has 0 N–H and O–H groups in total. The van der Waals surface area contributed by atoms with Gasteiger partial charge in [-0.3, -0.25) is 0 Å². The number of methoxy groups -OCH3 is 1. The number of ether oxygens (including phenoxy) is 1. The first-order chi connectivity index (χ1) is 6.60. The molecule has 0 aliphatic carbocycles. The average molecular weight is 218 g/mol. The molecule has 80 valence electrons. The van der Waals surface area contributed by atoms with Gasteiger partial charge in [0, 0.05) is 20.2 Å². The number of nitriles is 1. The maximum absolute atomic E-state index is 11.5. The minimum Gasteiger partial charge on any atom is -0.380 e. The molecule has 1 saturated heterocycles. The lowest BCUT2D eigenvalue weighted by Crippen LogP contribution is -2.43. The Labute approximate surface area is 84.3 Å². The Morgan fingerprint density at radius 3 is 2.93 bits per heavy atom. The largest absolute Gasteiger partial charge is 0.380 e. The van der Waals surface area contributed by atoms with E-state index in [-0.39, 0.29) is 6.10 Å². The maximum atomic E-state index is 11.5. The van der Waals surface area contributed by atoms with E-state index in [9.17, 15) is 8.42 Å². The van der Waals surface area contributed by atoms with Crippen LogP contribution in [0.3, 0.4) is 0 Å². The zero-order valence-corrected chi connectivity index (χ0v) is 8.96. The monoisotopic (exact) mass is 218 g/mol. The molecule has 1 heterocycles. The van der Waals surface area contributed by atoms with Crippen LogP contribution in [-0.4, -0.2) is 44.8 Å². The van der Waals surface area contributed by atoms with Crippen LogP contribution in [0.1, 0.15) is 12.8 Å². The van der Waals surface area contributed by atoms with Crippen molar-refractivity contribution in [3.63, 3.8) is 0 Å². The van der Waals surface area contributed by atoms with Crippen molar-refractivity contribution >= 4 is 10.0 Å². The Morgan fingerprint density at radius 2 is 2.36 bits per heavy atom. The third kappa shape index (κ3) is 2.67. The van der Waals surface area contributed by atoms with Gasteiger partial charge in [0.1, 0.15) is 0 Å². The number of hydrogen-bond acceptors (Lipinski definition) is 4. The van der Waals surface area contributed by atoms with Crippen molar-refractivity contribution < 1.29 is 13.2 Å². The molecule has 0 saturated carbocycles. The van der Waals surface area contributed by atoms with Gasteiger partial charge in [-0.15, -0.1) is 0 Å². The summed E-state index contributed by atoms with van der Waals surface area (Å²) < 4.78 is 29.4. The highest BCUT2D eigenvalue weighted by Gasteiger charge is 2.28. The molecule has 1 unspecified atom stereocenters. The highest BCUT2D eigenvalue weighted by molar-refractivity contribution is 7.89. The first-order valence-corrected chi connectivity index (χ1v) is 6.08. The van der Waals surface area contributed by atoms with Crippen LogP contribution in [0.4, 0.5) is 0 Å². The third-order valence-corrected chi connectivity index (χ3v) is 3.93. The van der Waals surface area contributed by atoms with Crippen LogP contribution in [0.15, 0.2) is 0 Å². The van der Waals surface area contributed by atoms with Crippen molar-refractivity contribution in [1.29, 1.82) is 5.26 Å². The Morgan fingerprint density at radius 1 is 1.64 bits per heavy atom. The molecule has 5 nitrogen and oxygen atoms in total. The second-order valence-corrected chi connectivity index (χ2v) is 5.24. The van der Waals surface area contributed by atoms with Crippen molar-refractivity contribution in [2.75, 3.05) is 26.0 Å². The molecule has 0 spiro atoms. The Bertz CT molecular complexity index is 320. The van der Waals surface area contributed by atoms with E-state index in [1.54, 1.807) is 13.2 Å². The van der Waals surface area contributed by atoms with Gasteiger partial charge in [0.2, 0.25) is 10.0 Å². The molecule has 0 amide bonds. The first-order valence-electron chi connectivity index (χ1n) is 4.47. The van der Waals surface area contributed by atoms with Gasteiger partial charge < -0.3 is 4.74 Å². The van der Waals surface area contributed by atoms with Crippen LogP contribution in [0, 0.1) is 11.3 Å². The quantitative estimate of drug-likeness (QED) is 0.666.